The molecule has 1 aliphatic rings. The van der Waals surface area contributed by atoms with E-state index < -0.39 is 0 Å². The van der Waals surface area contributed by atoms with Crippen LogP contribution in [0.4, 0.5) is 0 Å². The van der Waals surface area contributed by atoms with Gasteiger partial charge in [0.25, 0.3) is 0 Å². The molecule has 2 aromatic rings. The average Bonchev–Trinajstić information content (AvgIpc) is 2.85. The lowest BCUT2D eigenvalue weighted by Gasteiger charge is -2.24. The second-order valence-electron chi connectivity index (χ2n) is 6.20. The zero-order valence-corrected chi connectivity index (χ0v) is 14.2. The molecule has 3 nitrogen and oxygen atoms in total. The molecule has 0 amide bonds. The summed E-state index contributed by atoms with van der Waals surface area (Å²) in [6, 6.07) is 7.38. The van der Waals surface area contributed by atoms with E-state index in [1.807, 2.05) is 19.1 Å². The Morgan fingerprint density at radius 3 is 2.91 bits per heavy atom. The van der Waals surface area contributed by atoms with Crippen LogP contribution in [-0.2, 0) is 6.54 Å². The lowest BCUT2D eigenvalue weighted by molar-refractivity contribution is 0.336. The number of halogens is 1. The van der Waals surface area contributed by atoms with Gasteiger partial charge >= 0.3 is 0 Å². The Hall–Kier alpha value is -1.71. The standard InChI is InChI=1S/C19H23ClN2O/c1-3-15-9-18(17-7-6-16(20)10-19(17)23)22(13(15)2)12-14-5-4-8-21-11-14/h3,6-7,9-10,14,21,23H,2,4-5,8,11-12H2,1H3/b15-3-/t14-/m1/s1. The summed E-state index contributed by atoms with van der Waals surface area (Å²) in [5.74, 6) is 0.801. The normalized spacial score (nSPS) is 19.2. The smallest absolute Gasteiger partial charge is 0.126 e. The molecule has 2 heterocycles. The lowest BCUT2D eigenvalue weighted by Crippen LogP contribution is -2.36. The highest BCUT2D eigenvalue weighted by molar-refractivity contribution is 6.30. The highest BCUT2D eigenvalue weighted by Crippen LogP contribution is 2.31. The Kier molecular flexibility index (Phi) is 4.79. The fourth-order valence-electron chi connectivity index (χ4n) is 3.35. The molecule has 0 unspecified atom stereocenters. The maximum atomic E-state index is 10.3. The summed E-state index contributed by atoms with van der Waals surface area (Å²) in [4.78, 5) is 0. The van der Waals surface area contributed by atoms with E-state index in [1.165, 1.54) is 12.8 Å². The number of rotatable bonds is 3. The van der Waals surface area contributed by atoms with E-state index >= 15 is 0 Å². The van der Waals surface area contributed by atoms with Crippen LogP contribution in [0.5, 0.6) is 5.75 Å². The molecule has 4 heteroatoms. The summed E-state index contributed by atoms with van der Waals surface area (Å²) >= 11 is 5.97. The molecule has 0 saturated carbocycles. The summed E-state index contributed by atoms with van der Waals surface area (Å²) in [5.41, 5.74) is 1.80. The molecule has 1 atom stereocenters. The first-order valence-electron chi connectivity index (χ1n) is 8.14. The van der Waals surface area contributed by atoms with Gasteiger partial charge in [0, 0.05) is 22.5 Å². The SMILES string of the molecule is C=c1/c(=C\C)cc(-c2ccc(Cl)cc2O)n1C[C@@H]1CCCNC1. The number of benzene rings is 1. The molecule has 2 N–H and O–H groups in total. The molecule has 23 heavy (non-hydrogen) atoms. The number of phenolic OH excluding ortho intramolecular Hbond substituents is 1. The van der Waals surface area contributed by atoms with Crippen LogP contribution in [0.25, 0.3) is 23.9 Å². The molecule has 3 rings (SSSR count). The van der Waals surface area contributed by atoms with Gasteiger partial charge in [0.2, 0.25) is 0 Å². The van der Waals surface area contributed by atoms with Crippen molar-refractivity contribution in [3.05, 3.63) is 39.9 Å². The van der Waals surface area contributed by atoms with Gasteiger partial charge in [0.05, 0.1) is 5.69 Å². The average molecular weight is 331 g/mol. The van der Waals surface area contributed by atoms with Crippen LogP contribution < -0.4 is 15.9 Å². The highest BCUT2D eigenvalue weighted by Gasteiger charge is 2.17. The molecule has 0 spiro atoms. The van der Waals surface area contributed by atoms with Crippen LogP contribution in [0.1, 0.15) is 19.8 Å². The van der Waals surface area contributed by atoms with Gasteiger partial charge < -0.3 is 15.0 Å². The van der Waals surface area contributed by atoms with Crippen LogP contribution in [0, 0.1) is 5.92 Å². The number of nitrogens with one attached hydrogen (secondary N) is 1. The zero-order chi connectivity index (χ0) is 16.4. The predicted molar refractivity (Wildman–Crippen MR) is 97.0 cm³/mol. The minimum absolute atomic E-state index is 0.209. The van der Waals surface area contributed by atoms with Gasteiger partial charge in [-0.1, -0.05) is 24.3 Å². The van der Waals surface area contributed by atoms with Crippen molar-refractivity contribution in [3.63, 3.8) is 0 Å². The molecule has 0 radical (unpaired) electrons. The summed E-state index contributed by atoms with van der Waals surface area (Å²) < 4.78 is 2.23. The fraction of sp³-hybridized carbons (Fsp3) is 0.368. The van der Waals surface area contributed by atoms with Crippen LogP contribution >= 0.6 is 11.6 Å². The number of phenols is 1. The van der Waals surface area contributed by atoms with E-state index in [0.717, 1.165) is 41.5 Å². The molecule has 0 bridgehead atoms. The van der Waals surface area contributed by atoms with E-state index in [0.29, 0.717) is 10.9 Å². The van der Waals surface area contributed by atoms with Crippen LogP contribution in [0.3, 0.4) is 0 Å². The van der Waals surface area contributed by atoms with Crippen molar-refractivity contribution in [1.29, 1.82) is 0 Å². The van der Waals surface area contributed by atoms with Crippen molar-refractivity contribution >= 4 is 24.3 Å². The number of piperidine rings is 1. The minimum Gasteiger partial charge on any atom is -0.507 e. The molecule has 1 aromatic carbocycles. The maximum absolute atomic E-state index is 10.3. The van der Waals surface area contributed by atoms with Gasteiger partial charge in [-0.05, 0) is 68.3 Å². The van der Waals surface area contributed by atoms with Crippen molar-refractivity contribution in [2.24, 2.45) is 5.92 Å². The van der Waals surface area contributed by atoms with E-state index in [4.69, 9.17) is 11.6 Å². The Labute approximate surface area is 141 Å². The van der Waals surface area contributed by atoms with Gasteiger partial charge in [-0.25, -0.2) is 0 Å². The van der Waals surface area contributed by atoms with Crippen LogP contribution in [0.15, 0.2) is 24.3 Å². The van der Waals surface area contributed by atoms with E-state index in [9.17, 15) is 5.11 Å². The first kappa shape index (κ1) is 16.2. The summed E-state index contributed by atoms with van der Waals surface area (Å²) in [6.07, 6.45) is 4.50. The number of aromatic nitrogens is 1. The number of aromatic hydroxyl groups is 1. The van der Waals surface area contributed by atoms with E-state index in [2.05, 4.69) is 28.6 Å². The molecule has 0 aliphatic carbocycles. The molecule has 122 valence electrons. The Bertz CT molecular complexity index is 804. The van der Waals surface area contributed by atoms with Crippen molar-refractivity contribution in [3.8, 4) is 17.0 Å². The fourth-order valence-corrected chi connectivity index (χ4v) is 3.52. The second-order valence-corrected chi connectivity index (χ2v) is 6.64. The van der Waals surface area contributed by atoms with Gasteiger partial charge in [-0.3, -0.25) is 0 Å². The third kappa shape index (κ3) is 3.31. The van der Waals surface area contributed by atoms with E-state index in [1.54, 1.807) is 6.07 Å². The predicted octanol–water partition coefficient (Wildman–Crippen LogP) is 2.72. The first-order chi connectivity index (χ1) is 11.1. The molecule has 1 aliphatic heterocycles. The van der Waals surface area contributed by atoms with Crippen LogP contribution in [-0.4, -0.2) is 22.8 Å². The quantitative estimate of drug-likeness (QED) is 0.908. The monoisotopic (exact) mass is 330 g/mol. The third-order valence-corrected chi connectivity index (χ3v) is 4.86. The number of hydrogen-bond acceptors (Lipinski definition) is 2. The van der Waals surface area contributed by atoms with Crippen molar-refractivity contribution in [2.75, 3.05) is 13.1 Å². The van der Waals surface area contributed by atoms with Crippen molar-refractivity contribution < 1.29 is 5.11 Å². The van der Waals surface area contributed by atoms with Crippen LogP contribution in [0.2, 0.25) is 5.02 Å². The Balaban J connectivity index is 2.07. The highest BCUT2D eigenvalue weighted by atomic mass is 35.5. The van der Waals surface area contributed by atoms with Gasteiger partial charge in [0.15, 0.2) is 0 Å². The molecular weight excluding hydrogens is 308 g/mol. The molecule has 1 fully saturated rings. The zero-order valence-electron chi connectivity index (χ0n) is 13.5. The second kappa shape index (κ2) is 6.81. The molecular formula is C19H23ClN2O. The third-order valence-electron chi connectivity index (χ3n) is 4.63. The largest absolute Gasteiger partial charge is 0.507 e. The Morgan fingerprint density at radius 1 is 1.43 bits per heavy atom. The molecule has 1 aromatic heterocycles. The van der Waals surface area contributed by atoms with E-state index in [-0.39, 0.29) is 5.75 Å². The molecule has 1 saturated heterocycles. The number of hydrogen-bond donors (Lipinski definition) is 2. The summed E-state index contributed by atoms with van der Waals surface area (Å²) in [6.45, 7) is 9.33. The van der Waals surface area contributed by atoms with Gasteiger partial charge in [-0.2, -0.15) is 0 Å². The Morgan fingerprint density at radius 2 is 2.26 bits per heavy atom. The first-order valence-corrected chi connectivity index (χ1v) is 8.52. The maximum Gasteiger partial charge on any atom is 0.126 e. The lowest BCUT2D eigenvalue weighted by atomic mass is 9.99. The van der Waals surface area contributed by atoms with Gasteiger partial charge in [0.1, 0.15) is 5.75 Å². The topological polar surface area (TPSA) is 37.2 Å². The van der Waals surface area contributed by atoms with Gasteiger partial charge in [-0.15, -0.1) is 0 Å². The van der Waals surface area contributed by atoms with Crippen molar-refractivity contribution in [1.82, 2.24) is 9.88 Å². The van der Waals surface area contributed by atoms with Crippen molar-refractivity contribution in [2.45, 2.75) is 26.3 Å². The minimum atomic E-state index is 0.209. The summed E-state index contributed by atoms with van der Waals surface area (Å²) in [5, 5.41) is 16.4. The summed E-state index contributed by atoms with van der Waals surface area (Å²) in [7, 11) is 0. The number of nitrogens with zero attached hydrogens (tertiary/aromatic N) is 1.